The Kier molecular flexibility index (Phi) is 5.98. The summed E-state index contributed by atoms with van der Waals surface area (Å²) in [5.74, 6) is 0.799. The first-order valence-electron chi connectivity index (χ1n) is 7.42. The first kappa shape index (κ1) is 16.0. The monoisotopic (exact) mass is 298 g/mol. The number of benzene rings is 2. The highest BCUT2D eigenvalue weighted by atomic mass is 16.5. The molecule has 1 amide bonds. The summed E-state index contributed by atoms with van der Waals surface area (Å²) in [7, 11) is 3.55. The number of carbonyl (C=O) groups is 1. The Balaban J connectivity index is 2.23. The average Bonchev–Trinajstić information content (AvgIpc) is 2.59. The van der Waals surface area contributed by atoms with Crippen LogP contribution in [0.5, 0.6) is 5.75 Å². The fraction of sp³-hybridized carbons (Fsp3) is 0.278. The van der Waals surface area contributed by atoms with Gasteiger partial charge < -0.3 is 15.0 Å². The molecule has 0 radical (unpaired) electrons. The zero-order valence-electron chi connectivity index (χ0n) is 13.1. The first-order chi connectivity index (χ1) is 10.8. The van der Waals surface area contributed by atoms with E-state index in [2.05, 4.69) is 5.32 Å². The molecule has 0 aliphatic carbocycles. The van der Waals surface area contributed by atoms with Crippen LogP contribution < -0.4 is 15.0 Å². The lowest BCUT2D eigenvalue weighted by molar-refractivity contribution is 0.0986. The van der Waals surface area contributed by atoms with Crippen molar-refractivity contribution in [1.29, 1.82) is 0 Å². The van der Waals surface area contributed by atoms with E-state index < -0.39 is 0 Å². The number of amides is 1. The fourth-order valence-corrected chi connectivity index (χ4v) is 2.26. The number of anilines is 1. The van der Waals surface area contributed by atoms with Gasteiger partial charge in [-0.25, -0.2) is 0 Å². The Hall–Kier alpha value is -2.33. The van der Waals surface area contributed by atoms with Crippen LogP contribution in [-0.4, -0.2) is 33.2 Å². The van der Waals surface area contributed by atoms with Crippen molar-refractivity contribution in [3.63, 3.8) is 0 Å². The van der Waals surface area contributed by atoms with Gasteiger partial charge in [0.2, 0.25) is 0 Å². The third-order valence-electron chi connectivity index (χ3n) is 3.46. The Morgan fingerprint density at radius 3 is 2.36 bits per heavy atom. The van der Waals surface area contributed by atoms with Crippen LogP contribution in [0, 0.1) is 0 Å². The largest absolute Gasteiger partial charge is 0.497 e. The van der Waals surface area contributed by atoms with Gasteiger partial charge in [0.25, 0.3) is 5.91 Å². The summed E-state index contributed by atoms with van der Waals surface area (Å²) >= 11 is 0. The number of nitrogens with zero attached hydrogens (tertiary/aromatic N) is 1. The summed E-state index contributed by atoms with van der Waals surface area (Å²) in [6, 6.07) is 16.9. The number of methoxy groups -OCH3 is 1. The van der Waals surface area contributed by atoms with E-state index in [0.29, 0.717) is 12.1 Å². The summed E-state index contributed by atoms with van der Waals surface area (Å²) in [6.07, 6.45) is 0.890. The topological polar surface area (TPSA) is 41.6 Å². The molecule has 0 spiro atoms. The lowest BCUT2D eigenvalue weighted by atomic mass is 10.1. The fourth-order valence-electron chi connectivity index (χ4n) is 2.26. The minimum atomic E-state index is 0.0156. The van der Waals surface area contributed by atoms with Crippen LogP contribution >= 0.6 is 0 Å². The van der Waals surface area contributed by atoms with Gasteiger partial charge in [-0.05, 0) is 56.4 Å². The molecule has 0 bridgehead atoms. The van der Waals surface area contributed by atoms with Crippen LogP contribution in [-0.2, 0) is 0 Å². The van der Waals surface area contributed by atoms with E-state index in [9.17, 15) is 4.79 Å². The molecule has 0 saturated heterocycles. The molecule has 0 aliphatic rings. The molecule has 22 heavy (non-hydrogen) atoms. The molecule has 1 N–H and O–H groups in total. The molecule has 0 fully saturated rings. The van der Waals surface area contributed by atoms with Gasteiger partial charge in [-0.1, -0.05) is 18.2 Å². The van der Waals surface area contributed by atoms with Crippen molar-refractivity contribution < 1.29 is 9.53 Å². The van der Waals surface area contributed by atoms with Gasteiger partial charge in [-0.3, -0.25) is 4.79 Å². The summed E-state index contributed by atoms with van der Waals surface area (Å²) in [5, 5.41) is 3.11. The second-order valence-electron chi connectivity index (χ2n) is 4.98. The minimum Gasteiger partial charge on any atom is -0.497 e. The van der Waals surface area contributed by atoms with E-state index in [-0.39, 0.29) is 5.91 Å². The second-order valence-corrected chi connectivity index (χ2v) is 4.98. The number of ether oxygens (including phenoxy) is 1. The van der Waals surface area contributed by atoms with Crippen molar-refractivity contribution in [3.05, 3.63) is 60.2 Å². The van der Waals surface area contributed by atoms with Crippen molar-refractivity contribution in [2.45, 2.75) is 6.42 Å². The predicted octanol–water partition coefficient (Wildman–Crippen LogP) is 2.95. The number of hydrogen-bond acceptors (Lipinski definition) is 3. The van der Waals surface area contributed by atoms with Crippen LogP contribution in [0.1, 0.15) is 16.8 Å². The van der Waals surface area contributed by atoms with E-state index in [1.807, 2.05) is 66.5 Å². The Labute approximate surface area is 131 Å². The Morgan fingerprint density at radius 1 is 1.09 bits per heavy atom. The quantitative estimate of drug-likeness (QED) is 0.799. The minimum absolute atomic E-state index is 0.0156. The molecule has 0 unspecified atom stereocenters. The molecule has 0 aliphatic heterocycles. The van der Waals surface area contributed by atoms with Crippen LogP contribution in [0.15, 0.2) is 54.6 Å². The summed E-state index contributed by atoms with van der Waals surface area (Å²) in [4.78, 5) is 14.6. The number of hydrogen-bond donors (Lipinski definition) is 1. The smallest absolute Gasteiger partial charge is 0.258 e. The molecule has 2 aromatic carbocycles. The molecule has 4 nitrogen and oxygen atoms in total. The summed E-state index contributed by atoms with van der Waals surface area (Å²) < 4.78 is 5.18. The van der Waals surface area contributed by atoms with Crippen LogP contribution in [0.2, 0.25) is 0 Å². The number of carbonyl (C=O) groups excluding carboxylic acids is 1. The lowest BCUT2D eigenvalue weighted by Crippen LogP contribution is -2.33. The number of nitrogens with one attached hydrogen (secondary N) is 1. The zero-order valence-corrected chi connectivity index (χ0v) is 13.1. The molecule has 0 atom stereocenters. The molecule has 0 aromatic heterocycles. The van der Waals surface area contributed by atoms with E-state index in [4.69, 9.17) is 4.74 Å². The van der Waals surface area contributed by atoms with E-state index in [1.165, 1.54) is 0 Å². The first-order valence-corrected chi connectivity index (χ1v) is 7.42. The second kappa shape index (κ2) is 8.20. The van der Waals surface area contributed by atoms with Crippen LogP contribution in [0.4, 0.5) is 5.69 Å². The van der Waals surface area contributed by atoms with Gasteiger partial charge in [0.1, 0.15) is 5.75 Å². The van der Waals surface area contributed by atoms with Gasteiger partial charge in [-0.2, -0.15) is 0 Å². The molecule has 0 heterocycles. The normalized spacial score (nSPS) is 10.3. The molecule has 4 heteroatoms. The van der Waals surface area contributed by atoms with E-state index in [1.54, 1.807) is 7.11 Å². The Morgan fingerprint density at radius 2 is 1.77 bits per heavy atom. The Bertz CT molecular complexity index is 582. The predicted molar refractivity (Wildman–Crippen MR) is 89.7 cm³/mol. The SMILES string of the molecule is CNCCCN(C(=O)c1ccccc1)c1ccc(OC)cc1. The highest BCUT2D eigenvalue weighted by molar-refractivity contribution is 6.06. The molecule has 116 valence electrons. The molecule has 0 saturated carbocycles. The molecule has 2 rings (SSSR count). The average molecular weight is 298 g/mol. The molecular formula is C18H22N2O2. The highest BCUT2D eigenvalue weighted by Crippen LogP contribution is 2.21. The van der Waals surface area contributed by atoms with Crippen LogP contribution in [0.25, 0.3) is 0 Å². The van der Waals surface area contributed by atoms with Gasteiger partial charge in [0.15, 0.2) is 0 Å². The summed E-state index contributed by atoms with van der Waals surface area (Å²) in [5.41, 5.74) is 1.58. The van der Waals surface area contributed by atoms with Crippen molar-refractivity contribution in [2.75, 3.05) is 32.1 Å². The maximum atomic E-state index is 12.8. The van der Waals surface area contributed by atoms with Crippen LogP contribution in [0.3, 0.4) is 0 Å². The number of rotatable bonds is 7. The van der Waals surface area contributed by atoms with Crippen molar-refractivity contribution in [1.82, 2.24) is 5.32 Å². The van der Waals surface area contributed by atoms with Crippen molar-refractivity contribution in [3.8, 4) is 5.75 Å². The maximum Gasteiger partial charge on any atom is 0.258 e. The van der Waals surface area contributed by atoms with E-state index in [0.717, 1.165) is 24.4 Å². The van der Waals surface area contributed by atoms with E-state index >= 15 is 0 Å². The standard InChI is InChI=1S/C18H22N2O2/c1-19-13-6-14-20(16-9-11-17(22-2)12-10-16)18(21)15-7-4-3-5-8-15/h3-5,7-12,19H,6,13-14H2,1-2H3. The van der Waals surface area contributed by atoms with Crippen molar-refractivity contribution >= 4 is 11.6 Å². The molecule has 2 aromatic rings. The highest BCUT2D eigenvalue weighted by Gasteiger charge is 2.17. The van der Waals surface area contributed by atoms with Gasteiger partial charge >= 0.3 is 0 Å². The summed E-state index contributed by atoms with van der Waals surface area (Å²) in [6.45, 7) is 1.54. The van der Waals surface area contributed by atoms with Crippen molar-refractivity contribution in [2.24, 2.45) is 0 Å². The lowest BCUT2D eigenvalue weighted by Gasteiger charge is -2.23. The van der Waals surface area contributed by atoms with Gasteiger partial charge in [0, 0.05) is 17.8 Å². The van der Waals surface area contributed by atoms with Gasteiger partial charge in [-0.15, -0.1) is 0 Å². The third kappa shape index (κ3) is 4.09. The maximum absolute atomic E-state index is 12.8. The molecular weight excluding hydrogens is 276 g/mol. The zero-order chi connectivity index (χ0) is 15.8. The van der Waals surface area contributed by atoms with Gasteiger partial charge in [0.05, 0.1) is 7.11 Å². The third-order valence-corrected chi connectivity index (χ3v) is 3.46.